The van der Waals surface area contributed by atoms with E-state index in [1.54, 1.807) is 36.1 Å². The molecule has 1 aliphatic rings. The van der Waals surface area contributed by atoms with Crippen molar-refractivity contribution in [1.82, 2.24) is 9.62 Å². The number of thiol groups is 1. The molecule has 0 bridgehead atoms. The maximum absolute atomic E-state index is 12.7. The first-order valence-corrected chi connectivity index (χ1v) is 10.9. The van der Waals surface area contributed by atoms with Crippen molar-refractivity contribution in [2.24, 2.45) is 0 Å². The number of rotatable bonds is 4. The third-order valence-electron chi connectivity index (χ3n) is 4.86. The Morgan fingerprint density at radius 3 is 2.41 bits per heavy atom. The van der Waals surface area contributed by atoms with Crippen molar-refractivity contribution >= 4 is 28.6 Å². The van der Waals surface area contributed by atoms with Crippen LogP contribution in [-0.4, -0.2) is 38.4 Å². The summed E-state index contributed by atoms with van der Waals surface area (Å²) in [5.74, 6) is -0.0590. The van der Waals surface area contributed by atoms with E-state index in [0.717, 1.165) is 11.1 Å². The van der Waals surface area contributed by atoms with Crippen molar-refractivity contribution in [1.29, 1.82) is 0 Å². The highest BCUT2D eigenvalue weighted by Crippen LogP contribution is 2.21. The topological polar surface area (TPSA) is 66.5 Å². The zero-order valence-electron chi connectivity index (χ0n) is 15.5. The van der Waals surface area contributed by atoms with Gasteiger partial charge in [0.15, 0.2) is 0 Å². The number of nitrogens with zero attached hydrogens (tertiary/aromatic N) is 1. The Kier molecular flexibility index (Phi) is 5.93. The Balaban J connectivity index is 1.64. The van der Waals surface area contributed by atoms with Crippen molar-refractivity contribution in [3.63, 3.8) is 0 Å². The van der Waals surface area contributed by atoms with Gasteiger partial charge in [-0.2, -0.15) is 0 Å². The third-order valence-corrected chi connectivity index (χ3v) is 6.93. The molecule has 7 heteroatoms. The summed E-state index contributed by atoms with van der Waals surface area (Å²) >= 11 is 4.35. The zero-order valence-corrected chi connectivity index (χ0v) is 17.2. The SMILES string of the molecule is Cc1ccc(S(=O)(=O)NC2CCN(C(=O)c3ccccc3S)CC2)c(C)c1. The molecule has 1 N–H and O–H groups in total. The molecule has 1 aliphatic heterocycles. The number of aryl methyl sites for hydroxylation is 2. The van der Waals surface area contributed by atoms with Crippen molar-refractivity contribution in [3.8, 4) is 0 Å². The van der Waals surface area contributed by atoms with E-state index in [9.17, 15) is 13.2 Å². The van der Waals surface area contributed by atoms with Crippen LogP contribution in [0.25, 0.3) is 0 Å². The van der Waals surface area contributed by atoms with Gasteiger partial charge in [-0.3, -0.25) is 4.79 Å². The molecule has 3 rings (SSSR count). The molecular formula is C20H24N2O3S2. The fourth-order valence-electron chi connectivity index (χ4n) is 3.41. The van der Waals surface area contributed by atoms with E-state index in [1.807, 2.05) is 25.1 Å². The monoisotopic (exact) mass is 404 g/mol. The van der Waals surface area contributed by atoms with Gasteiger partial charge >= 0.3 is 0 Å². The van der Waals surface area contributed by atoms with Gasteiger partial charge in [0.1, 0.15) is 0 Å². The molecular weight excluding hydrogens is 380 g/mol. The van der Waals surface area contributed by atoms with Gasteiger partial charge in [-0.05, 0) is 50.5 Å². The average Bonchev–Trinajstić information content (AvgIpc) is 2.61. The normalized spacial score (nSPS) is 15.7. The Morgan fingerprint density at radius 2 is 1.78 bits per heavy atom. The Labute approximate surface area is 166 Å². The molecule has 0 spiro atoms. The largest absolute Gasteiger partial charge is 0.338 e. The minimum atomic E-state index is -3.57. The van der Waals surface area contributed by atoms with Crippen molar-refractivity contribution in [3.05, 3.63) is 59.2 Å². The Hall–Kier alpha value is -1.83. The number of piperidine rings is 1. The fraction of sp³-hybridized carbons (Fsp3) is 0.350. The first-order valence-electron chi connectivity index (χ1n) is 8.95. The highest BCUT2D eigenvalue weighted by Gasteiger charge is 2.28. The lowest BCUT2D eigenvalue weighted by molar-refractivity contribution is 0.0708. The van der Waals surface area contributed by atoms with Crippen LogP contribution in [0.15, 0.2) is 52.3 Å². The maximum Gasteiger partial charge on any atom is 0.254 e. The third kappa shape index (κ3) is 4.54. The second-order valence-electron chi connectivity index (χ2n) is 6.97. The van der Waals surface area contributed by atoms with E-state index in [0.29, 0.717) is 41.3 Å². The van der Waals surface area contributed by atoms with Crippen LogP contribution in [0.5, 0.6) is 0 Å². The van der Waals surface area contributed by atoms with Gasteiger partial charge in [0.05, 0.1) is 10.5 Å². The van der Waals surface area contributed by atoms with Crippen LogP contribution in [0, 0.1) is 13.8 Å². The molecule has 27 heavy (non-hydrogen) atoms. The van der Waals surface area contributed by atoms with Gasteiger partial charge in [-0.25, -0.2) is 13.1 Å². The number of sulfonamides is 1. The number of hydrogen-bond donors (Lipinski definition) is 2. The summed E-state index contributed by atoms with van der Waals surface area (Å²) in [4.78, 5) is 15.4. The lowest BCUT2D eigenvalue weighted by Gasteiger charge is -2.32. The number of carbonyl (C=O) groups excluding carboxylic acids is 1. The summed E-state index contributed by atoms with van der Waals surface area (Å²) in [6.45, 7) is 4.77. The molecule has 5 nitrogen and oxygen atoms in total. The van der Waals surface area contributed by atoms with Gasteiger partial charge in [0.2, 0.25) is 10.0 Å². The molecule has 0 unspecified atom stereocenters. The van der Waals surface area contributed by atoms with Gasteiger partial charge in [0, 0.05) is 24.0 Å². The first kappa shape index (κ1) is 19.9. The molecule has 0 saturated carbocycles. The summed E-state index contributed by atoms with van der Waals surface area (Å²) in [6, 6.07) is 12.4. The second-order valence-corrected chi connectivity index (χ2v) is 9.14. The Morgan fingerprint density at radius 1 is 1.11 bits per heavy atom. The lowest BCUT2D eigenvalue weighted by Crippen LogP contribution is -2.46. The lowest BCUT2D eigenvalue weighted by atomic mass is 10.0. The second kappa shape index (κ2) is 8.04. The zero-order chi connectivity index (χ0) is 19.6. The van der Waals surface area contributed by atoms with Gasteiger partial charge < -0.3 is 4.90 Å². The minimum absolute atomic E-state index is 0.0590. The van der Waals surface area contributed by atoms with E-state index < -0.39 is 10.0 Å². The van der Waals surface area contributed by atoms with Gasteiger partial charge in [-0.15, -0.1) is 12.6 Å². The predicted octanol–water partition coefficient (Wildman–Crippen LogP) is 3.18. The van der Waals surface area contributed by atoms with E-state index in [4.69, 9.17) is 0 Å². The Bertz CT molecular complexity index is 949. The number of carbonyl (C=O) groups is 1. The molecule has 1 saturated heterocycles. The van der Waals surface area contributed by atoms with Crippen LogP contribution >= 0.6 is 12.6 Å². The molecule has 144 valence electrons. The number of benzene rings is 2. The number of likely N-dealkylation sites (tertiary alicyclic amines) is 1. The molecule has 1 amide bonds. The van der Waals surface area contributed by atoms with E-state index in [1.165, 1.54) is 0 Å². The first-order chi connectivity index (χ1) is 12.8. The number of hydrogen-bond acceptors (Lipinski definition) is 4. The van der Waals surface area contributed by atoms with Crippen LogP contribution in [0.1, 0.15) is 34.3 Å². The van der Waals surface area contributed by atoms with E-state index in [-0.39, 0.29) is 11.9 Å². The molecule has 0 atom stereocenters. The summed E-state index contributed by atoms with van der Waals surface area (Å²) in [7, 11) is -3.57. The van der Waals surface area contributed by atoms with Crippen molar-refractivity contribution in [2.45, 2.75) is 42.5 Å². The average molecular weight is 405 g/mol. The van der Waals surface area contributed by atoms with Crippen molar-refractivity contribution in [2.75, 3.05) is 13.1 Å². The predicted molar refractivity (Wildman–Crippen MR) is 109 cm³/mol. The number of amides is 1. The molecule has 2 aromatic rings. The minimum Gasteiger partial charge on any atom is -0.338 e. The number of nitrogens with one attached hydrogen (secondary N) is 1. The van der Waals surface area contributed by atoms with Crippen molar-refractivity contribution < 1.29 is 13.2 Å². The smallest absolute Gasteiger partial charge is 0.254 e. The van der Waals surface area contributed by atoms with Crippen LogP contribution < -0.4 is 4.72 Å². The van der Waals surface area contributed by atoms with Gasteiger partial charge in [0.25, 0.3) is 5.91 Å². The fourth-order valence-corrected chi connectivity index (χ4v) is 5.20. The molecule has 1 fully saturated rings. The molecule has 0 radical (unpaired) electrons. The van der Waals surface area contributed by atoms with Crippen LogP contribution in [0.4, 0.5) is 0 Å². The molecule has 2 aromatic carbocycles. The van der Waals surface area contributed by atoms with Gasteiger partial charge in [-0.1, -0.05) is 29.8 Å². The highest BCUT2D eigenvalue weighted by molar-refractivity contribution is 7.89. The summed E-state index contributed by atoms with van der Waals surface area (Å²) in [6.07, 6.45) is 1.18. The summed E-state index contributed by atoms with van der Waals surface area (Å²) in [5.41, 5.74) is 2.35. The molecule has 1 heterocycles. The quantitative estimate of drug-likeness (QED) is 0.769. The van der Waals surface area contributed by atoms with Crippen LogP contribution in [0.2, 0.25) is 0 Å². The van der Waals surface area contributed by atoms with E-state index >= 15 is 0 Å². The standard InChI is InChI=1S/C20H24N2O3S2/c1-14-7-8-19(15(2)13-14)27(24,25)21-16-9-11-22(12-10-16)20(23)17-5-3-4-6-18(17)26/h3-8,13,16,21,26H,9-12H2,1-2H3. The summed E-state index contributed by atoms with van der Waals surface area (Å²) in [5, 5.41) is 0. The van der Waals surface area contributed by atoms with E-state index in [2.05, 4.69) is 17.4 Å². The molecule has 0 aliphatic carbocycles. The van der Waals surface area contributed by atoms with Crippen LogP contribution in [-0.2, 0) is 10.0 Å². The van der Waals surface area contributed by atoms with Crippen LogP contribution in [0.3, 0.4) is 0 Å². The maximum atomic E-state index is 12.7. The highest BCUT2D eigenvalue weighted by atomic mass is 32.2. The molecule has 0 aromatic heterocycles. The summed E-state index contributed by atoms with van der Waals surface area (Å²) < 4.78 is 28.2.